The Kier molecular flexibility index (Phi) is 4.07. The second kappa shape index (κ2) is 6.16. The van der Waals surface area contributed by atoms with Crippen LogP contribution in [0, 0.1) is 0 Å². The normalized spacial score (nSPS) is 11.2. The van der Waals surface area contributed by atoms with E-state index in [2.05, 4.69) is 52.9 Å². The van der Waals surface area contributed by atoms with Gasteiger partial charge < -0.3 is 4.90 Å². The molecule has 0 N–H and O–H groups in total. The molecule has 2 nitrogen and oxygen atoms in total. The van der Waals surface area contributed by atoms with Gasteiger partial charge in [-0.05, 0) is 29.8 Å². The highest BCUT2D eigenvalue weighted by molar-refractivity contribution is 7.19. The molecule has 0 saturated heterocycles. The van der Waals surface area contributed by atoms with Gasteiger partial charge in [0.15, 0.2) is 0 Å². The fourth-order valence-corrected chi connectivity index (χ4v) is 3.08. The molecule has 0 fully saturated rings. The summed E-state index contributed by atoms with van der Waals surface area (Å²) in [5.74, 6) is 0. The Morgan fingerprint density at radius 1 is 1.09 bits per heavy atom. The second-order valence-electron chi connectivity index (χ2n) is 5.33. The Morgan fingerprint density at radius 2 is 1.82 bits per heavy atom. The van der Waals surface area contributed by atoms with Gasteiger partial charge in [-0.1, -0.05) is 43.0 Å². The van der Waals surface area contributed by atoms with Gasteiger partial charge in [0.2, 0.25) is 0 Å². The molecule has 3 aromatic rings. The number of thiazole rings is 1. The maximum Gasteiger partial charge on any atom is 0.124 e. The quantitative estimate of drug-likeness (QED) is 0.624. The van der Waals surface area contributed by atoms with Crippen molar-refractivity contribution in [3.8, 4) is 0 Å². The number of allylic oxidation sites excluding steroid dienone is 2. The van der Waals surface area contributed by atoms with Crippen molar-refractivity contribution in [1.82, 2.24) is 4.98 Å². The van der Waals surface area contributed by atoms with Crippen LogP contribution < -0.4 is 4.90 Å². The van der Waals surface area contributed by atoms with E-state index in [1.807, 2.05) is 38.4 Å². The maximum atomic E-state index is 4.62. The van der Waals surface area contributed by atoms with Crippen molar-refractivity contribution >= 4 is 38.9 Å². The molecule has 2 aromatic carbocycles. The SMILES string of the molecule is C=C(/C=C/c1ccc(N(C)C)cc1)c1nc2ccccc2s1. The van der Waals surface area contributed by atoms with E-state index in [-0.39, 0.29) is 0 Å². The van der Waals surface area contributed by atoms with Gasteiger partial charge in [0.05, 0.1) is 10.2 Å². The van der Waals surface area contributed by atoms with Crippen molar-refractivity contribution in [2.45, 2.75) is 0 Å². The van der Waals surface area contributed by atoms with E-state index in [1.54, 1.807) is 11.3 Å². The summed E-state index contributed by atoms with van der Waals surface area (Å²) in [6.07, 6.45) is 4.11. The monoisotopic (exact) mass is 306 g/mol. The van der Waals surface area contributed by atoms with E-state index < -0.39 is 0 Å². The molecule has 0 aliphatic carbocycles. The molecule has 3 rings (SSSR count). The Hall–Kier alpha value is -2.39. The summed E-state index contributed by atoms with van der Waals surface area (Å²) in [6.45, 7) is 4.13. The molecule has 0 spiro atoms. The minimum absolute atomic E-state index is 0.942. The smallest absolute Gasteiger partial charge is 0.124 e. The van der Waals surface area contributed by atoms with Crippen LogP contribution in [-0.2, 0) is 0 Å². The summed E-state index contributed by atoms with van der Waals surface area (Å²) in [6, 6.07) is 16.6. The molecule has 1 aromatic heterocycles. The lowest BCUT2D eigenvalue weighted by Crippen LogP contribution is -2.07. The first-order valence-electron chi connectivity index (χ1n) is 7.14. The third kappa shape index (κ3) is 3.10. The predicted molar refractivity (Wildman–Crippen MR) is 98.5 cm³/mol. The van der Waals surface area contributed by atoms with Crippen molar-refractivity contribution in [2.75, 3.05) is 19.0 Å². The number of para-hydroxylation sites is 1. The van der Waals surface area contributed by atoms with Crippen molar-refractivity contribution in [1.29, 1.82) is 0 Å². The average Bonchev–Trinajstić information content (AvgIpc) is 2.97. The number of aromatic nitrogens is 1. The number of fused-ring (bicyclic) bond motifs is 1. The molecule has 0 aliphatic rings. The lowest BCUT2D eigenvalue weighted by atomic mass is 10.1. The van der Waals surface area contributed by atoms with Crippen LogP contribution in [0.4, 0.5) is 5.69 Å². The zero-order valence-electron chi connectivity index (χ0n) is 12.8. The summed E-state index contributed by atoms with van der Waals surface area (Å²) in [7, 11) is 4.08. The zero-order chi connectivity index (χ0) is 15.5. The van der Waals surface area contributed by atoms with Crippen LogP contribution in [0.25, 0.3) is 21.9 Å². The van der Waals surface area contributed by atoms with E-state index in [9.17, 15) is 0 Å². The predicted octanol–water partition coefficient (Wildman–Crippen LogP) is 5.09. The van der Waals surface area contributed by atoms with Crippen molar-refractivity contribution in [3.05, 3.63) is 71.8 Å². The van der Waals surface area contributed by atoms with Gasteiger partial charge in [-0.3, -0.25) is 0 Å². The number of nitrogens with zero attached hydrogens (tertiary/aromatic N) is 2. The Balaban J connectivity index is 1.78. The number of hydrogen-bond donors (Lipinski definition) is 0. The van der Waals surface area contributed by atoms with Crippen LogP contribution in [0.1, 0.15) is 10.6 Å². The second-order valence-corrected chi connectivity index (χ2v) is 6.36. The minimum Gasteiger partial charge on any atom is -0.378 e. The topological polar surface area (TPSA) is 16.1 Å². The zero-order valence-corrected chi connectivity index (χ0v) is 13.6. The molecule has 22 heavy (non-hydrogen) atoms. The average molecular weight is 306 g/mol. The molecule has 0 aliphatic heterocycles. The van der Waals surface area contributed by atoms with Gasteiger partial charge in [-0.2, -0.15) is 0 Å². The molecule has 3 heteroatoms. The number of rotatable bonds is 4. The minimum atomic E-state index is 0.942. The molecule has 1 heterocycles. The summed E-state index contributed by atoms with van der Waals surface area (Å²) in [5.41, 5.74) is 4.33. The highest BCUT2D eigenvalue weighted by Crippen LogP contribution is 2.27. The van der Waals surface area contributed by atoms with Gasteiger partial charge in [0.1, 0.15) is 5.01 Å². The van der Waals surface area contributed by atoms with Crippen LogP contribution in [0.3, 0.4) is 0 Å². The van der Waals surface area contributed by atoms with Crippen molar-refractivity contribution < 1.29 is 0 Å². The van der Waals surface area contributed by atoms with E-state index in [4.69, 9.17) is 0 Å². The van der Waals surface area contributed by atoms with E-state index in [0.717, 1.165) is 21.7 Å². The summed E-state index contributed by atoms with van der Waals surface area (Å²) < 4.78 is 1.20. The lowest BCUT2D eigenvalue weighted by Gasteiger charge is -2.11. The Morgan fingerprint density at radius 3 is 2.50 bits per heavy atom. The summed E-state index contributed by atoms with van der Waals surface area (Å²) in [5, 5.41) is 0.974. The number of hydrogen-bond acceptors (Lipinski definition) is 3. The largest absolute Gasteiger partial charge is 0.378 e. The highest BCUT2D eigenvalue weighted by Gasteiger charge is 2.04. The van der Waals surface area contributed by atoms with E-state index in [0.29, 0.717) is 0 Å². The molecule has 110 valence electrons. The third-order valence-electron chi connectivity index (χ3n) is 3.46. The van der Waals surface area contributed by atoms with Crippen molar-refractivity contribution in [3.63, 3.8) is 0 Å². The fraction of sp³-hybridized carbons (Fsp3) is 0.105. The first-order chi connectivity index (χ1) is 10.6. The maximum absolute atomic E-state index is 4.62. The first kappa shape index (κ1) is 14.5. The highest BCUT2D eigenvalue weighted by atomic mass is 32.1. The van der Waals surface area contributed by atoms with Gasteiger partial charge in [0, 0.05) is 25.4 Å². The molecule has 0 saturated carbocycles. The molecular formula is C19H18N2S. The van der Waals surface area contributed by atoms with Crippen molar-refractivity contribution in [2.24, 2.45) is 0 Å². The van der Waals surface area contributed by atoms with Crippen LogP contribution in [0.15, 0.2) is 61.2 Å². The molecule has 0 amide bonds. The molecular weight excluding hydrogens is 288 g/mol. The standard InChI is InChI=1S/C19H18N2S/c1-14(19-20-17-6-4-5-7-18(17)22-19)8-9-15-10-12-16(13-11-15)21(2)3/h4-13H,1H2,2-3H3/b9-8+. The van der Waals surface area contributed by atoms with Crippen LogP contribution >= 0.6 is 11.3 Å². The third-order valence-corrected chi connectivity index (χ3v) is 4.57. The fourth-order valence-electron chi connectivity index (χ4n) is 2.16. The number of benzene rings is 2. The van der Waals surface area contributed by atoms with E-state index in [1.165, 1.54) is 10.4 Å². The van der Waals surface area contributed by atoms with Gasteiger partial charge in [-0.15, -0.1) is 11.3 Å². The molecule has 0 radical (unpaired) electrons. The molecule has 0 unspecified atom stereocenters. The molecule has 0 atom stereocenters. The lowest BCUT2D eigenvalue weighted by molar-refractivity contribution is 1.13. The Labute approximate surface area is 135 Å². The van der Waals surface area contributed by atoms with E-state index >= 15 is 0 Å². The van der Waals surface area contributed by atoms with Gasteiger partial charge >= 0.3 is 0 Å². The van der Waals surface area contributed by atoms with Gasteiger partial charge in [-0.25, -0.2) is 4.98 Å². The summed E-state index contributed by atoms with van der Waals surface area (Å²) >= 11 is 1.68. The van der Waals surface area contributed by atoms with Crippen LogP contribution in [0.5, 0.6) is 0 Å². The summed E-state index contributed by atoms with van der Waals surface area (Å²) in [4.78, 5) is 6.71. The van der Waals surface area contributed by atoms with Crippen LogP contribution in [0.2, 0.25) is 0 Å². The van der Waals surface area contributed by atoms with Crippen LogP contribution in [-0.4, -0.2) is 19.1 Å². The number of anilines is 1. The first-order valence-corrected chi connectivity index (χ1v) is 7.95. The Bertz CT molecular complexity index is 793. The van der Waals surface area contributed by atoms with Gasteiger partial charge in [0.25, 0.3) is 0 Å². The molecule has 0 bridgehead atoms.